The molecule has 1 unspecified atom stereocenters. The van der Waals surface area contributed by atoms with E-state index in [1.54, 1.807) is 0 Å². The van der Waals surface area contributed by atoms with Gasteiger partial charge in [0, 0.05) is 12.7 Å². The van der Waals surface area contributed by atoms with Crippen LogP contribution in [0.5, 0.6) is 5.75 Å². The molecule has 2 fully saturated rings. The molecule has 34 heavy (non-hydrogen) atoms. The van der Waals surface area contributed by atoms with Crippen molar-refractivity contribution in [2.45, 2.75) is 84.4 Å². The molecular weight excluding hydrogens is 416 g/mol. The van der Waals surface area contributed by atoms with E-state index in [9.17, 15) is 0 Å². The van der Waals surface area contributed by atoms with Gasteiger partial charge < -0.3 is 4.74 Å². The fourth-order valence-corrected chi connectivity index (χ4v) is 6.01. The largest absolute Gasteiger partial charge is 0.490 e. The quantitative estimate of drug-likeness (QED) is 0.389. The van der Waals surface area contributed by atoms with E-state index in [4.69, 9.17) is 4.74 Å². The van der Waals surface area contributed by atoms with Gasteiger partial charge in [0.15, 0.2) is 0 Å². The van der Waals surface area contributed by atoms with E-state index >= 15 is 0 Å². The zero-order valence-corrected chi connectivity index (χ0v) is 21.2. The lowest BCUT2D eigenvalue weighted by Gasteiger charge is -2.37. The molecule has 2 heterocycles. The first-order valence-corrected chi connectivity index (χ1v) is 13.3. The Morgan fingerprint density at radius 2 is 1.68 bits per heavy atom. The van der Waals surface area contributed by atoms with Gasteiger partial charge in [-0.25, -0.2) is 0 Å². The Kier molecular flexibility index (Phi) is 6.92. The van der Waals surface area contributed by atoms with Gasteiger partial charge in [-0.15, -0.1) is 0 Å². The van der Waals surface area contributed by atoms with Gasteiger partial charge in [0.2, 0.25) is 0 Å². The van der Waals surface area contributed by atoms with E-state index in [2.05, 4.69) is 79.2 Å². The molecule has 2 aromatic carbocycles. The van der Waals surface area contributed by atoms with E-state index in [-0.39, 0.29) is 0 Å². The summed E-state index contributed by atoms with van der Waals surface area (Å²) in [4.78, 5) is 7.27. The molecule has 1 aromatic heterocycles. The van der Waals surface area contributed by atoms with Gasteiger partial charge >= 0.3 is 0 Å². The van der Waals surface area contributed by atoms with Gasteiger partial charge in [-0.1, -0.05) is 51.5 Å². The van der Waals surface area contributed by atoms with Gasteiger partial charge in [-0.05, 0) is 103 Å². The molecule has 1 saturated carbocycles. The first-order valence-electron chi connectivity index (χ1n) is 13.3. The van der Waals surface area contributed by atoms with Crippen LogP contribution in [0.4, 0.5) is 0 Å². The van der Waals surface area contributed by atoms with Crippen molar-refractivity contribution in [3.05, 3.63) is 72.1 Å². The standard InChI is InChI=1S/C31H40N2O/c1-31(2,3)26-13-16-27(17-14-26)34-28-15-12-24-20-23(10-11-25(24)21-28)22-33-19-7-5-9-30(33)29-8-4-6-18-32-29/h4,6,8,10-12,15,18,20-21,26-27,30H,5,7,9,13-14,16-17,19,22H2,1-3H3. The zero-order valence-electron chi connectivity index (χ0n) is 21.2. The van der Waals surface area contributed by atoms with Crippen molar-refractivity contribution < 1.29 is 4.74 Å². The number of ether oxygens (including phenoxy) is 1. The molecule has 180 valence electrons. The van der Waals surface area contributed by atoms with Crippen LogP contribution in [0, 0.1) is 11.3 Å². The average Bonchev–Trinajstić information content (AvgIpc) is 2.85. The molecule has 1 aliphatic heterocycles. The summed E-state index contributed by atoms with van der Waals surface area (Å²) in [6.07, 6.45) is 10.9. The van der Waals surface area contributed by atoms with Crippen LogP contribution in [0.15, 0.2) is 60.8 Å². The second-order valence-electron chi connectivity index (χ2n) is 11.5. The van der Waals surface area contributed by atoms with Crippen molar-refractivity contribution in [1.29, 1.82) is 0 Å². The first-order chi connectivity index (χ1) is 16.5. The van der Waals surface area contributed by atoms with Gasteiger partial charge in [0.1, 0.15) is 5.75 Å². The van der Waals surface area contributed by atoms with Crippen molar-refractivity contribution in [2.75, 3.05) is 6.54 Å². The number of nitrogens with zero attached hydrogens (tertiary/aromatic N) is 2. The molecule has 3 aromatic rings. The van der Waals surface area contributed by atoms with E-state index in [1.165, 1.54) is 67.0 Å². The van der Waals surface area contributed by atoms with Gasteiger partial charge in [0.05, 0.1) is 17.8 Å². The fourth-order valence-electron chi connectivity index (χ4n) is 6.01. The van der Waals surface area contributed by atoms with E-state index in [1.807, 2.05) is 12.3 Å². The molecule has 1 saturated heterocycles. The Morgan fingerprint density at radius 3 is 2.44 bits per heavy atom. The summed E-state index contributed by atoms with van der Waals surface area (Å²) in [6, 6.07) is 20.3. The Labute approximate surface area is 205 Å². The molecule has 1 atom stereocenters. The number of hydrogen-bond acceptors (Lipinski definition) is 3. The number of hydrogen-bond donors (Lipinski definition) is 0. The zero-order chi connectivity index (χ0) is 23.5. The van der Waals surface area contributed by atoms with Crippen LogP contribution >= 0.6 is 0 Å². The summed E-state index contributed by atoms with van der Waals surface area (Å²) in [5.41, 5.74) is 3.00. The third kappa shape index (κ3) is 5.46. The van der Waals surface area contributed by atoms with Crippen molar-refractivity contribution in [2.24, 2.45) is 11.3 Å². The highest BCUT2D eigenvalue weighted by atomic mass is 16.5. The lowest BCUT2D eigenvalue weighted by atomic mass is 9.72. The minimum absolute atomic E-state index is 0.359. The summed E-state index contributed by atoms with van der Waals surface area (Å²) >= 11 is 0. The topological polar surface area (TPSA) is 25.4 Å². The lowest BCUT2D eigenvalue weighted by Crippen LogP contribution is -2.33. The smallest absolute Gasteiger partial charge is 0.120 e. The monoisotopic (exact) mass is 456 g/mol. The molecular formula is C31H40N2O. The third-order valence-corrected chi connectivity index (χ3v) is 8.11. The van der Waals surface area contributed by atoms with Crippen LogP contribution in [0.2, 0.25) is 0 Å². The second-order valence-corrected chi connectivity index (χ2v) is 11.5. The molecule has 2 aliphatic rings. The fraction of sp³-hybridized carbons (Fsp3) is 0.516. The van der Waals surface area contributed by atoms with Crippen LogP contribution in [0.25, 0.3) is 10.8 Å². The van der Waals surface area contributed by atoms with Gasteiger partial charge in [-0.3, -0.25) is 9.88 Å². The van der Waals surface area contributed by atoms with Crippen LogP contribution < -0.4 is 4.74 Å². The highest BCUT2D eigenvalue weighted by Crippen LogP contribution is 2.39. The van der Waals surface area contributed by atoms with E-state index < -0.39 is 0 Å². The van der Waals surface area contributed by atoms with Crippen molar-refractivity contribution in [3.63, 3.8) is 0 Å². The maximum atomic E-state index is 6.42. The molecule has 3 heteroatoms. The summed E-state index contributed by atoms with van der Waals surface area (Å²) in [5, 5.41) is 2.57. The van der Waals surface area contributed by atoms with E-state index in [0.717, 1.165) is 24.8 Å². The molecule has 1 aliphatic carbocycles. The van der Waals surface area contributed by atoms with Gasteiger partial charge in [0.25, 0.3) is 0 Å². The number of likely N-dealkylation sites (tertiary alicyclic amines) is 1. The number of fused-ring (bicyclic) bond motifs is 1. The molecule has 0 bridgehead atoms. The predicted octanol–water partition coefficient (Wildman–Crippen LogP) is 7.95. The predicted molar refractivity (Wildman–Crippen MR) is 141 cm³/mol. The SMILES string of the molecule is CC(C)(C)C1CCC(Oc2ccc3cc(CN4CCCCC4c4ccccn4)ccc3c2)CC1. The van der Waals surface area contributed by atoms with Gasteiger partial charge in [-0.2, -0.15) is 0 Å². The Bertz CT molecular complexity index is 1080. The van der Waals surface area contributed by atoms with Crippen LogP contribution in [-0.2, 0) is 6.54 Å². The number of aromatic nitrogens is 1. The number of pyridine rings is 1. The molecule has 0 radical (unpaired) electrons. The minimum atomic E-state index is 0.359. The summed E-state index contributed by atoms with van der Waals surface area (Å²) in [5.74, 6) is 1.84. The molecule has 5 rings (SSSR count). The minimum Gasteiger partial charge on any atom is -0.490 e. The normalized spacial score (nSPS) is 24.3. The van der Waals surface area contributed by atoms with Crippen molar-refractivity contribution in [3.8, 4) is 5.75 Å². The number of benzene rings is 2. The Hall–Kier alpha value is -2.39. The van der Waals surface area contributed by atoms with Crippen LogP contribution in [0.1, 0.15) is 83.0 Å². The molecule has 0 spiro atoms. The van der Waals surface area contributed by atoms with Crippen LogP contribution in [0.3, 0.4) is 0 Å². The number of piperidine rings is 1. The maximum absolute atomic E-state index is 6.42. The van der Waals surface area contributed by atoms with E-state index in [0.29, 0.717) is 17.6 Å². The summed E-state index contributed by atoms with van der Waals surface area (Å²) in [6.45, 7) is 9.25. The summed E-state index contributed by atoms with van der Waals surface area (Å²) in [7, 11) is 0. The Morgan fingerprint density at radius 1 is 0.882 bits per heavy atom. The summed E-state index contributed by atoms with van der Waals surface area (Å²) < 4.78 is 6.42. The molecule has 3 nitrogen and oxygen atoms in total. The maximum Gasteiger partial charge on any atom is 0.120 e. The highest BCUT2D eigenvalue weighted by molar-refractivity contribution is 5.84. The van der Waals surface area contributed by atoms with Crippen LogP contribution in [-0.4, -0.2) is 22.5 Å². The highest BCUT2D eigenvalue weighted by Gasteiger charge is 2.30. The van der Waals surface area contributed by atoms with Crippen molar-refractivity contribution in [1.82, 2.24) is 9.88 Å². The van der Waals surface area contributed by atoms with Crippen molar-refractivity contribution >= 4 is 10.8 Å². The molecule has 0 amide bonds. The molecule has 0 N–H and O–H groups in total. The Balaban J connectivity index is 1.24. The average molecular weight is 457 g/mol. The first kappa shape index (κ1) is 23.4. The second kappa shape index (κ2) is 10.1. The third-order valence-electron chi connectivity index (χ3n) is 8.11. The lowest BCUT2D eigenvalue weighted by molar-refractivity contribution is 0.0883. The number of rotatable bonds is 5.